The fourth-order valence-electron chi connectivity index (χ4n) is 4.58. The minimum absolute atomic E-state index is 0.00751. The molecule has 0 spiro atoms. The van der Waals surface area contributed by atoms with E-state index in [1.165, 1.54) is 18.3 Å². The van der Waals surface area contributed by atoms with Gasteiger partial charge in [-0.1, -0.05) is 13.8 Å². The van der Waals surface area contributed by atoms with Crippen LogP contribution in [0.5, 0.6) is 0 Å². The summed E-state index contributed by atoms with van der Waals surface area (Å²) in [5, 5.41) is 2.25. The van der Waals surface area contributed by atoms with Crippen molar-refractivity contribution >= 4 is 29.0 Å². The van der Waals surface area contributed by atoms with Crippen LogP contribution in [0, 0.1) is 11.7 Å². The lowest BCUT2D eigenvalue weighted by Crippen LogP contribution is -2.44. The third kappa shape index (κ3) is 5.55. The zero-order valence-electron chi connectivity index (χ0n) is 21.9. The summed E-state index contributed by atoms with van der Waals surface area (Å²) in [6.45, 7) is 4.58. The Labute approximate surface area is 231 Å². The molecule has 4 aromatic rings. The number of amides is 2. The van der Waals surface area contributed by atoms with Crippen LogP contribution >= 0.6 is 0 Å². The van der Waals surface area contributed by atoms with Gasteiger partial charge in [0.05, 0.1) is 18.7 Å². The van der Waals surface area contributed by atoms with Gasteiger partial charge in [0.15, 0.2) is 0 Å². The Hall–Kier alpha value is -4.59. The topological polar surface area (TPSA) is 128 Å². The van der Waals surface area contributed by atoms with Gasteiger partial charge in [-0.25, -0.2) is 19.3 Å². The first-order valence-corrected chi connectivity index (χ1v) is 12.6. The predicted molar refractivity (Wildman–Crippen MR) is 140 cm³/mol. The number of hydrogen-bond donors (Lipinski definition) is 2. The molecule has 214 valence electrons. The summed E-state index contributed by atoms with van der Waals surface area (Å²) in [6, 6.07) is 5.01. The van der Waals surface area contributed by atoms with Crippen LogP contribution < -0.4 is 11.1 Å². The number of pyridine rings is 1. The highest BCUT2D eigenvalue weighted by Crippen LogP contribution is 2.34. The molecule has 10 nitrogen and oxygen atoms in total. The Morgan fingerprint density at radius 1 is 1.15 bits per heavy atom. The molecular weight excluding hydrogens is 546 g/mol. The summed E-state index contributed by atoms with van der Waals surface area (Å²) in [7, 11) is 0. The predicted octanol–water partition coefficient (Wildman–Crippen LogP) is 4.34. The van der Waals surface area contributed by atoms with Gasteiger partial charge in [-0.15, -0.1) is 0 Å². The van der Waals surface area contributed by atoms with E-state index in [2.05, 4.69) is 20.3 Å². The van der Waals surface area contributed by atoms with Crippen LogP contribution in [0.25, 0.3) is 16.8 Å². The van der Waals surface area contributed by atoms with Crippen molar-refractivity contribution in [3.63, 3.8) is 0 Å². The molecule has 0 unspecified atom stereocenters. The lowest BCUT2D eigenvalue weighted by molar-refractivity contribution is -0.142. The van der Waals surface area contributed by atoms with Crippen LogP contribution in [-0.4, -0.2) is 55.8 Å². The molecule has 1 aliphatic rings. The van der Waals surface area contributed by atoms with E-state index in [1.54, 1.807) is 15.5 Å². The van der Waals surface area contributed by atoms with E-state index < -0.39 is 29.6 Å². The number of anilines is 2. The van der Waals surface area contributed by atoms with Gasteiger partial charge in [0.25, 0.3) is 5.91 Å². The number of hydrogen-bond acceptors (Lipinski definition) is 7. The number of morpholine rings is 1. The number of aromatic nitrogens is 4. The average molecular weight is 572 g/mol. The van der Waals surface area contributed by atoms with Gasteiger partial charge in [0.2, 0.25) is 5.91 Å². The summed E-state index contributed by atoms with van der Waals surface area (Å²) < 4.78 is 62.0. The largest absolute Gasteiger partial charge is 0.416 e. The fourth-order valence-corrected chi connectivity index (χ4v) is 4.58. The molecule has 3 aromatic heterocycles. The van der Waals surface area contributed by atoms with Crippen molar-refractivity contribution in [2.45, 2.75) is 26.1 Å². The van der Waals surface area contributed by atoms with Crippen LogP contribution in [-0.2, 0) is 15.7 Å². The Kier molecular flexibility index (Phi) is 7.34. The maximum Gasteiger partial charge on any atom is 0.416 e. The summed E-state index contributed by atoms with van der Waals surface area (Å²) in [6.07, 6.45) is -1.27. The molecule has 1 fully saturated rings. The molecule has 0 radical (unpaired) electrons. The van der Waals surface area contributed by atoms with Crippen LogP contribution in [0.2, 0.25) is 0 Å². The highest BCUT2D eigenvalue weighted by Gasteiger charge is 2.32. The van der Waals surface area contributed by atoms with Crippen molar-refractivity contribution in [2.75, 3.05) is 30.7 Å². The number of nitrogen functional groups attached to an aromatic ring is 1. The number of rotatable bonds is 5. The molecule has 1 atom stereocenters. The van der Waals surface area contributed by atoms with Crippen molar-refractivity contribution < 1.29 is 31.9 Å². The number of carbonyl (C=O) groups is 2. The number of nitrogens with two attached hydrogens (primary N) is 1. The molecule has 0 aliphatic carbocycles. The number of nitrogens with zero attached hydrogens (tertiary/aromatic N) is 5. The number of nitrogens with one attached hydrogen (secondary N) is 1. The highest BCUT2D eigenvalue weighted by atomic mass is 19.4. The van der Waals surface area contributed by atoms with Gasteiger partial charge in [-0.2, -0.15) is 13.2 Å². The molecule has 0 saturated carbocycles. The summed E-state index contributed by atoms with van der Waals surface area (Å²) in [5.74, 6) is -1.78. The molecule has 1 aliphatic heterocycles. The van der Waals surface area contributed by atoms with Gasteiger partial charge in [0.1, 0.15) is 40.6 Å². The smallest absolute Gasteiger partial charge is 0.382 e. The molecule has 5 rings (SSSR count). The Morgan fingerprint density at radius 3 is 2.63 bits per heavy atom. The summed E-state index contributed by atoms with van der Waals surface area (Å²) >= 11 is 0. The lowest BCUT2D eigenvalue weighted by Gasteiger charge is -2.33. The molecule has 41 heavy (non-hydrogen) atoms. The molecule has 4 heterocycles. The van der Waals surface area contributed by atoms with E-state index in [9.17, 15) is 22.8 Å². The zero-order chi connectivity index (χ0) is 29.5. The first kappa shape index (κ1) is 28.0. The summed E-state index contributed by atoms with van der Waals surface area (Å²) in [4.78, 5) is 39.5. The average Bonchev–Trinajstić information content (AvgIpc) is 3.33. The molecule has 3 N–H and O–H groups in total. The van der Waals surface area contributed by atoms with Crippen molar-refractivity contribution in [3.05, 3.63) is 71.7 Å². The highest BCUT2D eigenvalue weighted by molar-refractivity contribution is 6.04. The van der Waals surface area contributed by atoms with Crippen LogP contribution in [0.1, 0.15) is 41.7 Å². The number of carbonyl (C=O) groups excluding carboxylic acids is 2. The van der Waals surface area contributed by atoms with Crippen molar-refractivity contribution in [1.82, 2.24) is 24.3 Å². The minimum atomic E-state index is -4.62. The maximum atomic E-state index is 15.5. The van der Waals surface area contributed by atoms with Gasteiger partial charge in [0, 0.05) is 42.2 Å². The van der Waals surface area contributed by atoms with Crippen LogP contribution in [0.15, 0.2) is 48.9 Å². The molecular formula is C27H25F4N7O3. The standard InChI is InChI=1S/C27H25F4N7O3/c1-14(2)26(40)37-9-10-41-19(13-37)24-36-21(22-23(32)34-7-8-38(22)24)17-4-3-15(11-18(17)28)25(39)35-20-12-16(5-6-33-20)27(29,30)31/h3-8,11-12,14,19H,9-10,13H2,1-2H3,(H2,32,34)(H,33,35,39)/t19-/m1/s1. The van der Waals surface area contributed by atoms with Gasteiger partial charge in [-0.3, -0.25) is 14.0 Å². The first-order valence-electron chi connectivity index (χ1n) is 12.6. The van der Waals surface area contributed by atoms with Crippen LogP contribution in [0.4, 0.5) is 29.2 Å². The van der Waals surface area contributed by atoms with Crippen molar-refractivity contribution in [3.8, 4) is 11.3 Å². The van der Waals surface area contributed by atoms with Crippen molar-refractivity contribution in [2.24, 2.45) is 5.92 Å². The number of ether oxygens (including phenoxy) is 1. The van der Waals surface area contributed by atoms with E-state index >= 15 is 4.39 Å². The molecule has 14 heteroatoms. The minimum Gasteiger partial charge on any atom is -0.382 e. The first-order chi connectivity index (χ1) is 19.4. The lowest BCUT2D eigenvalue weighted by atomic mass is 10.1. The molecule has 2 amide bonds. The second-order valence-electron chi connectivity index (χ2n) is 9.72. The monoisotopic (exact) mass is 571 g/mol. The third-order valence-corrected chi connectivity index (χ3v) is 6.59. The Bertz CT molecular complexity index is 1640. The van der Waals surface area contributed by atoms with Gasteiger partial charge >= 0.3 is 6.18 Å². The molecule has 1 saturated heterocycles. The SMILES string of the molecule is CC(C)C(=O)N1CCO[C@@H](c2nc(-c3ccc(C(=O)Nc4cc(C(F)(F)F)ccn4)cc3F)c3c(N)nccn23)C1. The molecule has 1 aromatic carbocycles. The Balaban J connectivity index is 1.46. The number of benzene rings is 1. The van der Waals surface area contributed by atoms with Crippen molar-refractivity contribution in [1.29, 1.82) is 0 Å². The number of imidazole rings is 1. The molecule has 0 bridgehead atoms. The third-order valence-electron chi connectivity index (χ3n) is 6.59. The number of alkyl halides is 3. The maximum absolute atomic E-state index is 15.5. The Morgan fingerprint density at radius 2 is 1.93 bits per heavy atom. The quantitative estimate of drug-likeness (QED) is 0.341. The second kappa shape index (κ2) is 10.8. The number of halogens is 4. The van der Waals surface area contributed by atoms with E-state index in [0.717, 1.165) is 18.3 Å². The normalized spacial score (nSPS) is 15.9. The second-order valence-corrected chi connectivity index (χ2v) is 9.72. The van der Waals surface area contributed by atoms with Crippen LogP contribution in [0.3, 0.4) is 0 Å². The van der Waals surface area contributed by atoms with Gasteiger partial charge in [-0.05, 0) is 30.3 Å². The van der Waals surface area contributed by atoms with E-state index in [1.807, 2.05) is 13.8 Å². The van der Waals surface area contributed by atoms with E-state index in [0.29, 0.717) is 24.0 Å². The fraction of sp³-hybridized carbons (Fsp3) is 0.296. The summed E-state index contributed by atoms with van der Waals surface area (Å²) in [5.41, 5.74) is 5.47. The van der Waals surface area contributed by atoms with Gasteiger partial charge < -0.3 is 20.7 Å². The zero-order valence-corrected chi connectivity index (χ0v) is 21.9. The number of fused-ring (bicyclic) bond motifs is 1. The van der Waals surface area contributed by atoms with E-state index in [-0.39, 0.29) is 53.4 Å². The van der Waals surface area contributed by atoms with E-state index in [4.69, 9.17) is 10.5 Å².